The molecule has 0 aliphatic carbocycles. The molecule has 0 radical (unpaired) electrons. The molecular formula is C23H24N2O. The predicted molar refractivity (Wildman–Crippen MR) is 107 cm³/mol. The van der Waals surface area contributed by atoms with Gasteiger partial charge in [-0.1, -0.05) is 66.7 Å². The Labute approximate surface area is 154 Å². The standard InChI is InChI=1S/C23H24N2O/c1-17(25-15-14-20(16-25)18-8-3-2-4-9-18)23(26)24-22-13-7-11-19-10-5-6-12-21(19)22/h2-13,17,20H,14-16H2,1H3,(H,24,26)/t17-,20-/m0/s1. The lowest BCUT2D eigenvalue weighted by atomic mass is 9.99. The summed E-state index contributed by atoms with van der Waals surface area (Å²) in [5.41, 5.74) is 2.26. The van der Waals surface area contributed by atoms with E-state index in [0.717, 1.165) is 36.0 Å². The van der Waals surface area contributed by atoms with Crippen molar-refractivity contribution in [3.8, 4) is 0 Å². The van der Waals surface area contributed by atoms with Gasteiger partial charge in [0.05, 0.1) is 6.04 Å². The average Bonchev–Trinajstić information content (AvgIpc) is 3.18. The van der Waals surface area contributed by atoms with Crippen LogP contribution in [0.4, 0.5) is 5.69 Å². The van der Waals surface area contributed by atoms with Crippen molar-refractivity contribution in [2.75, 3.05) is 18.4 Å². The second-order valence-corrected chi connectivity index (χ2v) is 7.08. The number of amides is 1. The van der Waals surface area contributed by atoms with E-state index in [-0.39, 0.29) is 11.9 Å². The van der Waals surface area contributed by atoms with E-state index in [1.807, 2.05) is 31.2 Å². The third-order valence-corrected chi connectivity index (χ3v) is 5.47. The van der Waals surface area contributed by atoms with E-state index in [4.69, 9.17) is 0 Å². The smallest absolute Gasteiger partial charge is 0.241 e. The van der Waals surface area contributed by atoms with Crippen LogP contribution in [0.5, 0.6) is 0 Å². The zero-order valence-corrected chi connectivity index (χ0v) is 15.1. The van der Waals surface area contributed by atoms with Crippen LogP contribution >= 0.6 is 0 Å². The maximum atomic E-state index is 12.8. The summed E-state index contributed by atoms with van der Waals surface area (Å²) in [6.45, 7) is 3.91. The zero-order chi connectivity index (χ0) is 17.9. The Morgan fingerprint density at radius 2 is 1.73 bits per heavy atom. The van der Waals surface area contributed by atoms with Crippen LogP contribution in [0.25, 0.3) is 10.8 Å². The number of likely N-dealkylation sites (tertiary alicyclic amines) is 1. The van der Waals surface area contributed by atoms with Gasteiger partial charge in [0.2, 0.25) is 5.91 Å². The summed E-state index contributed by atoms with van der Waals surface area (Å²) in [5.74, 6) is 0.582. The second kappa shape index (κ2) is 7.30. The second-order valence-electron chi connectivity index (χ2n) is 7.08. The molecule has 1 amide bonds. The van der Waals surface area contributed by atoms with E-state index in [0.29, 0.717) is 5.92 Å². The molecule has 0 spiro atoms. The van der Waals surface area contributed by atoms with Crippen molar-refractivity contribution < 1.29 is 4.79 Å². The largest absolute Gasteiger partial charge is 0.324 e. The minimum atomic E-state index is -0.136. The highest BCUT2D eigenvalue weighted by molar-refractivity contribution is 6.03. The number of hydrogen-bond donors (Lipinski definition) is 1. The molecule has 2 atom stereocenters. The lowest BCUT2D eigenvalue weighted by molar-refractivity contribution is -0.120. The fourth-order valence-corrected chi connectivity index (χ4v) is 3.87. The summed E-state index contributed by atoms with van der Waals surface area (Å²) >= 11 is 0. The molecule has 1 fully saturated rings. The van der Waals surface area contributed by atoms with Crippen molar-refractivity contribution in [1.82, 2.24) is 4.90 Å². The number of anilines is 1. The topological polar surface area (TPSA) is 32.3 Å². The van der Waals surface area contributed by atoms with Crippen molar-refractivity contribution in [2.45, 2.75) is 25.3 Å². The summed E-state index contributed by atoms with van der Waals surface area (Å²) in [4.78, 5) is 15.1. The molecule has 1 aliphatic rings. The van der Waals surface area contributed by atoms with Crippen LogP contribution in [0.3, 0.4) is 0 Å². The number of nitrogens with one attached hydrogen (secondary N) is 1. The number of carbonyl (C=O) groups excluding carboxylic acids is 1. The molecule has 4 rings (SSSR count). The van der Waals surface area contributed by atoms with Gasteiger partial charge in [-0.05, 0) is 42.8 Å². The van der Waals surface area contributed by atoms with Gasteiger partial charge < -0.3 is 5.32 Å². The van der Waals surface area contributed by atoms with Crippen LogP contribution in [0.2, 0.25) is 0 Å². The number of rotatable bonds is 4. The first-order valence-electron chi connectivity index (χ1n) is 9.30. The molecule has 26 heavy (non-hydrogen) atoms. The zero-order valence-electron chi connectivity index (χ0n) is 15.1. The highest BCUT2D eigenvalue weighted by Gasteiger charge is 2.30. The molecule has 132 valence electrons. The van der Waals surface area contributed by atoms with E-state index >= 15 is 0 Å². The lowest BCUT2D eigenvalue weighted by Gasteiger charge is -2.24. The number of fused-ring (bicyclic) bond motifs is 1. The molecule has 1 saturated heterocycles. The molecule has 1 heterocycles. The highest BCUT2D eigenvalue weighted by Crippen LogP contribution is 2.29. The fourth-order valence-electron chi connectivity index (χ4n) is 3.87. The normalized spacial score (nSPS) is 18.7. The molecule has 0 bridgehead atoms. The Morgan fingerprint density at radius 3 is 2.58 bits per heavy atom. The number of benzene rings is 3. The van der Waals surface area contributed by atoms with Crippen molar-refractivity contribution in [3.63, 3.8) is 0 Å². The summed E-state index contributed by atoms with van der Waals surface area (Å²) < 4.78 is 0. The molecule has 3 heteroatoms. The number of hydrogen-bond acceptors (Lipinski definition) is 2. The first-order chi connectivity index (χ1) is 12.7. The van der Waals surface area contributed by atoms with Gasteiger partial charge in [0.25, 0.3) is 0 Å². The van der Waals surface area contributed by atoms with Gasteiger partial charge in [-0.15, -0.1) is 0 Å². The molecule has 3 aromatic carbocycles. The van der Waals surface area contributed by atoms with Gasteiger partial charge >= 0.3 is 0 Å². The number of nitrogens with zero attached hydrogens (tertiary/aromatic N) is 1. The van der Waals surface area contributed by atoms with Crippen LogP contribution < -0.4 is 5.32 Å². The minimum absolute atomic E-state index is 0.0649. The van der Waals surface area contributed by atoms with Gasteiger partial charge in [-0.3, -0.25) is 9.69 Å². The Morgan fingerprint density at radius 1 is 1.00 bits per heavy atom. The Balaban J connectivity index is 1.45. The van der Waals surface area contributed by atoms with Crippen LogP contribution in [-0.4, -0.2) is 29.9 Å². The fraction of sp³-hybridized carbons (Fsp3) is 0.261. The Hall–Kier alpha value is -2.65. The Bertz CT molecular complexity index is 901. The summed E-state index contributed by atoms with van der Waals surface area (Å²) in [5, 5.41) is 5.36. The minimum Gasteiger partial charge on any atom is -0.324 e. The van der Waals surface area contributed by atoms with Crippen LogP contribution in [0.15, 0.2) is 72.8 Å². The van der Waals surface area contributed by atoms with Crippen molar-refractivity contribution >= 4 is 22.4 Å². The number of carbonyl (C=O) groups is 1. The molecule has 3 aromatic rings. The predicted octanol–water partition coefficient (Wildman–Crippen LogP) is 4.66. The van der Waals surface area contributed by atoms with Gasteiger partial charge in [0.1, 0.15) is 0 Å². The third kappa shape index (κ3) is 3.35. The molecule has 1 N–H and O–H groups in total. The average molecular weight is 344 g/mol. The molecular weight excluding hydrogens is 320 g/mol. The van der Waals surface area contributed by atoms with E-state index in [1.54, 1.807) is 0 Å². The molecule has 1 aliphatic heterocycles. The van der Waals surface area contributed by atoms with Crippen molar-refractivity contribution in [3.05, 3.63) is 78.4 Å². The SMILES string of the molecule is C[C@@H](C(=O)Nc1cccc2ccccc12)N1CC[C@H](c2ccccc2)C1. The first kappa shape index (κ1) is 16.8. The van der Waals surface area contributed by atoms with Gasteiger partial charge in [-0.25, -0.2) is 0 Å². The van der Waals surface area contributed by atoms with E-state index < -0.39 is 0 Å². The van der Waals surface area contributed by atoms with E-state index in [9.17, 15) is 4.79 Å². The summed E-state index contributed by atoms with van der Waals surface area (Å²) in [7, 11) is 0. The molecule has 3 nitrogen and oxygen atoms in total. The monoisotopic (exact) mass is 344 g/mol. The lowest BCUT2D eigenvalue weighted by Crippen LogP contribution is -2.40. The van der Waals surface area contributed by atoms with Gasteiger partial charge in [0.15, 0.2) is 0 Å². The van der Waals surface area contributed by atoms with Crippen LogP contribution in [0, 0.1) is 0 Å². The molecule has 0 aromatic heterocycles. The van der Waals surface area contributed by atoms with Crippen molar-refractivity contribution in [1.29, 1.82) is 0 Å². The summed E-state index contributed by atoms with van der Waals surface area (Å²) in [6.07, 6.45) is 1.11. The van der Waals surface area contributed by atoms with Crippen LogP contribution in [0.1, 0.15) is 24.8 Å². The third-order valence-electron chi connectivity index (χ3n) is 5.47. The molecule has 0 saturated carbocycles. The quantitative estimate of drug-likeness (QED) is 0.747. The summed E-state index contributed by atoms with van der Waals surface area (Å²) in [6, 6.07) is 24.7. The van der Waals surface area contributed by atoms with Gasteiger partial charge in [0, 0.05) is 17.6 Å². The van der Waals surface area contributed by atoms with E-state index in [1.165, 1.54) is 5.56 Å². The van der Waals surface area contributed by atoms with E-state index in [2.05, 4.69) is 58.7 Å². The van der Waals surface area contributed by atoms with Crippen molar-refractivity contribution in [2.24, 2.45) is 0 Å². The highest BCUT2D eigenvalue weighted by atomic mass is 16.2. The Kier molecular flexibility index (Phi) is 4.72. The first-order valence-corrected chi connectivity index (χ1v) is 9.30. The van der Waals surface area contributed by atoms with Gasteiger partial charge in [-0.2, -0.15) is 0 Å². The maximum Gasteiger partial charge on any atom is 0.241 e. The maximum absolute atomic E-state index is 12.8. The molecule has 0 unspecified atom stereocenters. The van der Waals surface area contributed by atoms with Crippen LogP contribution in [-0.2, 0) is 4.79 Å².